The van der Waals surface area contributed by atoms with Gasteiger partial charge in [-0.3, -0.25) is 4.79 Å². The highest BCUT2D eigenvalue weighted by atomic mass is 16.3. The molecule has 0 aromatic heterocycles. The fourth-order valence-corrected chi connectivity index (χ4v) is 2.85. The van der Waals surface area contributed by atoms with Crippen molar-refractivity contribution in [1.82, 2.24) is 10.6 Å². The van der Waals surface area contributed by atoms with Gasteiger partial charge in [-0.25, -0.2) is 0 Å². The molecular weight excluding hydrogens is 240 g/mol. The molecule has 112 valence electrons. The first-order valence-electron chi connectivity index (χ1n) is 7.60. The SMILES string of the molecule is CC(C)CCNC(=O)CNC1(CO)CCCC(C)C1. The Kier molecular flexibility index (Phi) is 6.80. The molecule has 2 unspecified atom stereocenters. The van der Waals surface area contributed by atoms with E-state index in [0.717, 1.165) is 32.2 Å². The van der Waals surface area contributed by atoms with E-state index in [9.17, 15) is 9.90 Å². The van der Waals surface area contributed by atoms with E-state index in [1.54, 1.807) is 0 Å². The van der Waals surface area contributed by atoms with Crippen LogP contribution in [-0.2, 0) is 4.79 Å². The third kappa shape index (κ3) is 5.91. The van der Waals surface area contributed by atoms with Crippen molar-refractivity contribution in [3.05, 3.63) is 0 Å². The monoisotopic (exact) mass is 270 g/mol. The van der Waals surface area contributed by atoms with E-state index in [1.807, 2.05) is 0 Å². The fraction of sp³-hybridized carbons (Fsp3) is 0.933. The number of aliphatic hydroxyl groups excluding tert-OH is 1. The highest BCUT2D eigenvalue weighted by Crippen LogP contribution is 2.31. The molecule has 1 amide bonds. The van der Waals surface area contributed by atoms with E-state index in [4.69, 9.17) is 0 Å². The van der Waals surface area contributed by atoms with E-state index in [0.29, 0.717) is 18.4 Å². The van der Waals surface area contributed by atoms with E-state index in [1.165, 1.54) is 6.42 Å². The second kappa shape index (κ2) is 7.85. The van der Waals surface area contributed by atoms with Gasteiger partial charge in [0.1, 0.15) is 0 Å². The van der Waals surface area contributed by atoms with Gasteiger partial charge in [-0.2, -0.15) is 0 Å². The maximum atomic E-state index is 11.8. The van der Waals surface area contributed by atoms with Crippen molar-refractivity contribution < 1.29 is 9.90 Å². The Hall–Kier alpha value is -0.610. The second-order valence-electron chi connectivity index (χ2n) is 6.53. The lowest BCUT2D eigenvalue weighted by atomic mass is 9.77. The summed E-state index contributed by atoms with van der Waals surface area (Å²) in [6, 6.07) is 0. The van der Waals surface area contributed by atoms with E-state index in [2.05, 4.69) is 31.4 Å². The molecule has 2 atom stereocenters. The Morgan fingerprint density at radius 2 is 2.21 bits per heavy atom. The van der Waals surface area contributed by atoms with Crippen molar-refractivity contribution in [3.63, 3.8) is 0 Å². The molecule has 1 saturated carbocycles. The van der Waals surface area contributed by atoms with Crippen LogP contribution in [0.25, 0.3) is 0 Å². The van der Waals surface area contributed by atoms with Gasteiger partial charge in [0.05, 0.1) is 13.2 Å². The maximum absolute atomic E-state index is 11.8. The van der Waals surface area contributed by atoms with Crippen molar-refractivity contribution in [2.75, 3.05) is 19.7 Å². The average Bonchev–Trinajstić information content (AvgIpc) is 2.36. The van der Waals surface area contributed by atoms with Crippen LogP contribution in [-0.4, -0.2) is 36.2 Å². The van der Waals surface area contributed by atoms with E-state index in [-0.39, 0.29) is 18.1 Å². The Balaban J connectivity index is 2.30. The predicted octanol–water partition coefficient (Wildman–Crippen LogP) is 1.68. The van der Waals surface area contributed by atoms with Crippen LogP contribution in [0, 0.1) is 11.8 Å². The van der Waals surface area contributed by atoms with Gasteiger partial charge in [-0.05, 0) is 31.1 Å². The molecule has 19 heavy (non-hydrogen) atoms. The molecule has 0 aromatic carbocycles. The van der Waals surface area contributed by atoms with Crippen molar-refractivity contribution in [2.45, 2.75) is 58.4 Å². The van der Waals surface area contributed by atoms with Crippen molar-refractivity contribution >= 4 is 5.91 Å². The largest absolute Gasteiger partial charge is 0.394 e. The molecule has 1 fully saturated rings. The smallest absolute Gasteiger partial charge is 0.233 e. The summed E-state index contributed by atoms with van der Waals surface area (Å²) in [4.78, 5) is 11.8. The standard InChI is InChI=1S/C15H30N2O2/c1-12(2)6-8-16-14(19)10-17-15(11-18)7-4-5-13(3)9-15/h12-13,17-18H,4-11H2,1-3H3,(H,16,19). The molecule has 1 aliphatic carbocycles. The first kappa shape index (κ1) is 16.4. The number of amides is 1. The predicted molar refractivity (Wildman–Crippen MR) is 77.9 cm³/mol. The lowest BCUT2D eigenvalue weighted by molar-refractivity contribution is -0.120. The van der Waals surface area contributed by atoms with Crippen molar-refractivity contribution in [2.24, 2.45) is 11.8 Å². The Labute approximate surface area is 117 Å². The minimum absolute atomic E-state index is 0.0340. The number of rotatable bonds is 7. The molecule has 0 spiro atoms. The van der Waals surface area contributed by atoms with Gasteiger partial charge in [0.25, 0.3) is 0 Å². The van der Waals surface area contributed by atoms with Crippen LogP contribution in [0.1, 0.15) is 52.9 Å². The van der Waals surface area contributed by atoms with Crippen LogP contribution in [0.2, 0.25) is 0 Å². The van der Waals surface area contributed by atoms with Gasteiger partial charge in [0, 0.05) is 12.1 Å². The molecule has 0 saturated heterocycles. The Morgan fingerprint density at radius 3 is 2.79 bits per heavy atom. The Bertz CT molecular complexity index is 281. The number of nitrogens with one attached hydrogen (secondary N) is 2. The molecule has 4 heteroatoms. The molecule has 0 heterocycles. The van der Waals surface area contributed by atoms with Crippen LogP contribution in [0.4, 0.5) is 0 Å². The van der Waals surface area contributed by atoms with Gasteiger partial charge in [0.2, 0.25) is 5.91 Å². The molecule has 0 radical (unpaired) electrons. The zero-order chi connectivity index (χ0) is 14.3. The van der Waals surface area contributed by atoms with Crippen LogP contribution in [0.5, 0.6) is 0 Å². The highest BCUT2D eigenvalue weighted by Gasteiger charge is 2.34. The van der Waals surface area contributed by atoms with Gasteiger partial charge in [-0.1, -0.05) is 33.6 Å². The third-order valence-electron chi connectivity index (χ3n) is 4.06. The number of aliphatic hydroxyl groups is 1. The normalized spacial score (nSPS) is 27.5. The summed E-state index contributed by atoms with van der Waals surface area (Å²) in [6.07, 6.45) is 5.29. The lowest BCUT2D eigenvalue weighted by Crippen LogP contribution is -2.54. The second-order valence-corrected chi connectivity index (χ2v) is 6.53. The molecule has 1 aliphatic rings. The molecule has 0 bridgehead atoms. The van der Waals surface area contributed by atoms with Crippen molar-refractivity contribution in [3.8, 4) is 0 Å². The molecule has 3 N–H and O–H groups in total. The molecule has 0 aliphatic heterocycles. The van der Waals surface area contributed by atoms with Gasteiger partial charge in [0.15, 0.2) is 0 Å². The maximum Gasteiger partial charge on any atom is 0.233 e. The summed E-state index contributed by atoms with van der Waals surface area (Å²) in [6.45, 7) is 7.68. The van der Waals surface area contributed by atoms with E-state index < -0.39 is 0 Å². The van der Waals surface area contributed by atoms with Gasteiger partial charge in [-0.15, -0.1) is 0 Å². The number of hydrogen-bond acceptors (Lipinski definition) is 3. The first-order chi connectivity index (χ1) is 8.97. The van der Waals surface area contributed by atoms with Crippen LogP contribution < -0.4 is 10.6 Å². The number of carbonyl (C=O) groups is 1. The fourth-order valence-electron chi connectivity index (χ4n) is 2.85. The summed E-state index contributed by atoms with van der Waals surface area (Å²) >= 11 is 0. The number of hydrogen-bond donors (Lipinski definition) is 3. The van der Waals surface area contributed by atoms with E-state index >= 15 is 0 Å². The summed E-state index contributed by atoms with van der Waals surface area (Å²) in [5.41, 5.74) is -0.243. The lowest BCUT2D eigenvalue weighted by Gasteiger charge is -2.39. The zero-order valence-electron chi connectivity index (χ0n) is 12.7. The summed E-state index contributed by atoms with van der Waals surface area (Å²) in [5, 5.41) is 15.8. The average molecular weight is 270 g/mol. The van der Waals surface area contributed by atoms with Crippen molar-refractivity contribution in [1.29, 1.82) is 0 Å². The highest BCUT2D eigenvalue weighted by molar-refractivity contribution is 5.78. The number of carbonyl (C=O) groups excluding carboxylic acids is 1. The van der Waals surface area contributed by atoms with Crippen LogP contribution in [0.15, 0.2) is 0 Å². The van der Waals surface area contributed by atoms with Gasteiger partial charge >= 0.3 is 0 Å². The zero-order valence-corrected chi connectivity index (χ0v) is 12.7. The summed E-state index contributed by atoms with van der Waals surface area (Å²) in [7, 11) is 0. The minimum Gasteiger partial charge on any atom is -0.394 e. The Morgan fingerprint density at radius 1 is 1.47 bits per heavy atom. The summed E-state index contributed by atoms with van der Waals surface area (Å²) < 4.78 is 0. The van der Waals surface area contributed by atoms with Crippen LogP contribution >= 0.6 is 0 Å². The first-order valence-corrected chi connectivity index (χ1v) is 7.60. The quantitative estimate of drug-likeness (QED) is 0.659. The topological polar surface area (TPSA) is 61.4 Å². The molecule has 4 nitrogen and oxygen atoms in total. The minimum atomic E-state index is -0.243. The van der Waals surface area contributed by atoms with Gasteiger partial charge < -0.3 is 15.7 Å². The third-order valence-corrected chi connectivity index (χ3v) is 4.06. The molecular formula is C15H30N2O2. The summed E-state index contributed by atoms with van der Waals surface area (Å²) in [5.74, 6) is 1.26. The molecule has 1 rings (SSSR count). The van der Waals surface area contributed by atoms with Crippen LogP contribution in [0.3, 0.4) is 0 Å². The molecule has 0 aromatic rings.